The van der Waals surface area contributed by atoms with Gasteiger partial charge >= 0.3 is 0 Å². The number of aliphatic hydroxyl groups is 1. The molecule has 6 nitrogen and oxygen atoms in total. The second-order valence-corrected chi connectivity index (χ2v) is 7.07. The first-order valence-corrected chi connectivity index (χ1v) is 9.19. The Labute approximate surface area is 157 Å². The summed E-state index contributed by atoms with van der Waals surface area (Å²) in [5.41, 5.74) is 0.846. The van der Waals surface area contributed by atoms with Crippen molar-refractivity contribution in [2.75, 3.05) is 6.61 Å². The number of benzene rings is 1. The lowest BCUT2D eigenvalue weighted by atomic mass is 10.0. The van der Waals surface area contributed by atoms with E-state index in [1.807, 2.05) is 18.2 Å². The van der Waals surface area contributed by atoms with E-state index in [-0.39, 0.29) is 36.8 Å². The monoisotopic (exact) mass is 378 g/mol. The molecule has 1 aromatic carbocycles. The lowest BCUT2D eigenvalue weighted by molar-refractivity contribution is -0.128. The second kappa shape index (κ2) is 8.66. The SMILES string of the molecule is O=C(C[C@H]1C=C[C@@H](NC(=O)C2CC2)[C@@H](CO)O1)NCc1ccccc1Cl. The first-order chi connectivity index (χ1) is 12.6. The Morgan fingerprint density at radius 2 is 2.00 bits per heavy atom. The van der Waals surface area contributed by atoms with E-state index in [1.165, 1.54) is 0 Å². The van der Waals surface area contributed by atoms with Gasteiger partial charge < -0.3 is 20.5 Å². The van der Waals surface area contributed by atoms with Crippen LogP contribution < -0.4 is 10.6 Å². The van der Waals surface area contributed by atoms with E-state index in [9.17, 15) is 14.7 Å². The molecule has 0 spiro atoms. The standard InChI is InChI=1S/C19H23ClN2O4/c20-15-4-2-1-3-13(15)10-21-18(24)9-14-7-8-16(17(11-23)26-14)22-19(25)12-5-6-12/h1-4,7-8,12,14,16-17,23H,5-6,9-11H2,(H,21,24)(H,22,25)/t14-,16-,17-/m1/s1. The van der Waals surface area contributed by atoms with E-state index in [4.69, 9.17) is 16.3 Å². The number of hydrogen-bond donors (Lipinski definition) is 3. The maximum Gasteiger partial charge on any atom is 0.223 e. The largest absolute Gasteiger partial charge is 0.394 e. The molecule has 0 saturated heterocycles. The van der Waals surface area contributed by atoms with E-state index >= 15 is 0 Å². The molecule has 1 fully saturated rings. The van der Waals surface area contributed by atoms with Gasteiger partial charge in [0.2, 0.25) is 11.8 Å². The van der Waals surface area contributed by atoms with Gasteiger partial charge in [-0.2, -0.15) is 0 Å². The van der Waals surface area contributed by atoms with Crippen LogP contribution in [0.5, 0.6) is 0 Å². The number of ether oxygens (including phenoxy) is 1. The zero-order valence-electron chi connectivity index (χ0n) is 14.4. The maximum absolute atomic E-state index is 12.1. The van der Waals surface area contributed by atoms with Crippen molar-refractivity contribution in [1.82, 2.24) is 10.6 Å². The highest BCUT2D eigenvalue weighted by molar-refractivity contribution is 6.31. The van der Waals surface area contributed by atoms with Crippen LogP contribution in [-0.4, -0.2) is 41.8 Å². The van der Waals surface area contributed by atoms with Crippen molar-refractivity contribution in [3.63, 3.8) is 0 Å². The molecule has 0 bridgehead atoms. The minimum atomic E-state index is -0.552. The fourth-order valence-corrected chi connectivity index (χ4v) is 3.06. The van der Waals surface area contributed by atoms with Gasteiger partial charge in [0, 0.05) is 17.5 Å². The number of aliphatic hydroxyl groups excluding tert-OH is 1. The zero-order chi connectivity index (χ0) is 18.5. The molecule has 1 saturated carbocycles. The van der Waals surface area contributed by atoms with Crippen LogP contribution in [0.15, 0.2) is 36.4 Å². The number of amides is 2. The van der Waals surface area contributed by atoms with Crippen LogP contribution in [0.2, 0.25) is 5.02 Å². The van der Waals surface area contributed by atoms with Crippen LogP contribution in [0, 0.1) is 5.92 Å². The van der Waals surface area contributed by atoms with Crippen LogP contribution >= 0.6 is 11.6 Å². The van der Waals surface area contributed by atoms with Crippen LogP contribution in [0.1, 0.15) is 24.8 Å². The molecule has 7 heteroatoms. The highest BCUT2D eigenvalue weighted by Gasteiger charge is 2.34. The maximum atomic E-state index is 12.1. The van der Waals surface area contributed by atoms with Crippen molar-refractivity contribution in [1.29, 1.82) is 0 Å². The third-order valence-electron chi connectivity index (χ3n) is 4.54. The van der Waals surface area contributed by atoms with Crippen molar-refractivity contribution in [2.45, 2.75) is 44.1 Å². The molecule has 0 radical (unpaired) electrons. The fraction of sp³-hybridized carbons (Fsp3) is 0.474. The molecule has 2 amide bonds. The first kappa shape index (κ1) is 18.9. The second-order valence-electron chi connectivity index (χ2n) is 6.66. The molecule has 3 N–H and O–H groups in total. The van der Waals surface area contributed by atoms with Gasteiger partial charge in [-0.25, -0.2) is 0 Å². The number of halogens is 1. The lowest BCUT2D eigenvalue weighted by Crippen LogP contribution is -2.49. The average molecular weight is 379 g/mol. The Balaban J connectivity index is 1.49. The molecule has 1 aliphatic carbocycles. The van der Waals surface area contributed by atoms with Crippen LogP contribution in [0.25, 0.3) is 0 Å². The van der Waals surface area contributed by atoms with E-state index < -0.39 is 12.2 Å². The van der Waals surface area contributed by atoms with Gasteiger partial charge in [-0.05, 0) is 24.5 Å². The summed E-state index contributed by atoms with van der Waals surface area (Å²) in [6.45, 7) is 0.121. The summed E-state index contributed by atoms with van der Waals surface area (Å²) in [6, 6.07) is 6.96. The molecular formula is C19H23ClN2O4. The van der Waals surface area contributed by atoms with E-state index in [2.05, 4.69) is 10.6 Å². The van der Waals surface area contributed by atoms with Crippen molar-refractivity contribution in [2.24, 2.45) is 5.92 Å². The number of hydrogen-bond acceptors (Lipinski definition) is 4. The van der Waals surface area contributed by atoms with Crippen molar-refractivity contribution in [3.05, 3.63) is 47.0 Å². The van der Waals surface area contributed by atoms with Gasteiger partial charge in [-0.1, -0.05) is 42.0 Å². The quantitative estimate of drug-likeness (QED) is 0.628. The summed E-state index contributed by atoms with van der Waals surface area (Å²) < 4.78 is 5.76. The van der Waals surface area contributed by atoms with Gasteiger partial charge in [0.1, 0.15) is 6.10 Å². The van der Waals surface area contributed by atoms with Crippen LogP contribution in [-0.2, 0) is 20.9 Å². The zero-order valence-corrected chi connectivity index (χ0v) is 15.1. The molecule has 26 heavy (non-hydrogen) atoms. The van der Waals surface area contributed by atoms with Gasteiger partial charge in [0.25, 0.3) is 0 Å². The number of rotatable bonds is 7. The Kier molecular flexibility index (Phi) is 6.29. The molecule has 140 valence electrons. The summed E-state index contributed by atoms with van der Waals surface area (Å²) in [5.74, 6) is -0.0783. The third kappa shape index (κ3) is 5.06. The topological polar surface area (TPSA) is 87.7 Å². The number of carbonyl (C=O) groups is 2. The number of carbonyl (C=O) groups excluding carboxylic acids is 2. The van der Waals surface area contributed by atoms with E-state index in [1.54, 1.807) is 18.2 Å². The molecular weight excluding hydrogens is 356 g/mol. The summed E-state index contributed by atoms with van der Waals surface area (Å²) >= 11 is 6.07. The Hall–Kier alpha value is -1.89. The summed E-state index contributed by atoms with van der Waals surface area (Å²) in [5, 5.41) is 15.8. The van der Waals surface area contributed by atoms with Gasteiger partial charge in [-0.15, -0.1) is 0 Å². The highest BCUT2D eigenvalue weighted by atomic mass is 35.5. The summed E-state index contributed by atoms with van der Waals surface area (Å²) in [6.07, 6.45) is 4.55. The molecule has 0 unspecified atom stereocenters. The summed E-state index contributed by atoms with van der Waals surface area (Å²) in [4.78, 5) is 24.0. The minimum Gasteiger partial charge on any atom is -0.394 e. The van der Waals surface area contributed by atoms with Crippen molar-refractivity contribution in [3.8, 4) is 0 Å². The third-order valence-corrected chi connectivity index (χ3v) is 4.91. The Morgan fingerprint density at radius 3 is 2.69 bits per heavy atom. The lowest BCUT2D eigenvalue weighted by Gasteiger charge is -2.31. The molecule has 1 heterocycles. The predicted octanol–water partition coefficient (Wildman–Crippen LogP) is 1.56. The van der Waals surface area contributed by atoms with Gasteiger partial charge in [0.15, 0.2) is 0 Å². The molecule has 3 atom stereocenters. The van der Waals surface area contributed by atoms with Gasteiger partial charge in [0.05, 0.1) is 25.2 Å². The fourth-order valence-electron chi connectivity index (χ4n) is 2.85. The van der Waals surface area contributed by atoms with Crippen LogP contribution in [0.4, 0.5) is 0 Å². The minimum absolute atomic E-state index is 0.00219. The van der Waals surface area contributed by atoms with Crippen molar-refractivity contribution >= 4 is 23.4 Å². The molecule has 1 aliphatic heterocycles. The Morgan fingerprint density at radius 1 is 1.23 bits per heavy atom. The number of nitrogens with one attached hydrogen (secondary N) is 2. The first-order valence-electron chi connectivity index (χ1n) is 8.82. The van der Waals surface area contributed by atoms with Crippen molar-refractivity contribution < 1.29 is 19.4 Å². The highest BCUT2D eigenvalue weighted by Crippen LogP contribution is 2.29. The summed E-state index contributed by atoms with van der Waals surface area (Å²) in [7, 11) is 0. The smallest absolute Gasteiger partial charge is 0.223 e. The molecule has 0 aromatic heterocycles. The van der Waals surface area contributed by atoms with E-state index in [0.717, 1.165) is 18.4 Å². The molecule has 3 rings (SSSR count). The predicted molar refractivity (Wildman–Crippen MR) is 97.5 cm³/mol. The van der Waals surface area contributed by atoms with Gasteiger partial charge in [-0.3, -0.25) is 9.59 Å². The average Bonchev–Trinajstić information content (AvgIpc) is 3.47. The molecule has 1 aromatic rings. The molecule has 2 aliphatic rings. The van der Waals surface area contributed by atoms with E-state index in [0.29, 0.717) is 11.6 Å². The normalized spacial score (nSPS) is 24.9. The van der Waals surface area contributed by atoms with Crippen LogP contribution in [0.3, 0.4) is 0 Å². The Bertz CT molecular complexity index is 690.